The highest BCUT2D eigenvalue weighted by atomic mass is 32.2. The minimum atomic E-state index is -0.514. The summed E-state index contributed by atoms with van der Waals surface area (Å²) in [7, 11) is 0. The first-order valence-electron chi connectivity index (χ1n) is 12.6. The zero-order valence-electron chi connectivity index (χ0n) is 22.6. The lowest BCUT2D eigenvalue weighted by Gasteiger charge is -2.26. The van der Waals surface area contributed by atoms with Gasteiger partial charge in [0.25, 0.3) is 0 Å². The number of allylic oxidation sites excluding steroid dienone is 3. The van der Waals surface area contributed by atoms with Gasteiger partial charge in [0.1, 0.15) is 5.76 Å². The Balaban J connectivity index is 1.73. The highest BCUT2D eigenvalue weighted by Crippen LogP contribution is 2.44. The summed E-state index contributed by atoms with van der Waals surface area (Å²) in [6.07, 6.45) is 9.38. The van der Waals surface area contributed by atoms with E-state index in [4.69, 9.17) is 20.7 Å². The van der Waals surface area contributed by atoms with Crippen molar-refractivity contribution in [2.75, 3.05) is 11.1 Å². The van der Waals surface area contributed by atoms with Crippen molar-refractivity contribution >= 4 is 52.5 Å². The molecular formula is C31H30N4O3S2. The van der Waals surface area contributed by atoms with E-state index in [1.165, 1.54) is 23.9 Å². The van der Waals surface area contributed by atoms with Gasteiger partial charge in [0.15, 0.2) is 17.3 Å². The molecule has 0 spiro atoms. The van der Waals surface area contributed by atoms with Crippen LogP contribution in [0.15, 0.2) is 77.4 Å². The summed E-state index contributed by atoms with van der Waals surface area (Å²) in [5.74, 6) is 0.134. The van der Waals surface area contributed by atoms with Crippen molar-refractivity contribution in [3.05, 3.63) is 111 Å². The third-order valence-electron chi connectivity index (χ3n) is 7.19. The molecule has 1 unspecified atom stereocenters. The summed E-state index contributed by atoms with van der Waals surface area (Å²) in [4.78, 5) is 28.6. The first-order valence-corrected chi connectivity index (χ1v) is 14.4. The molecule has 2 aliphatic carbocycles. The number of anilines is 3. The smallest absolute Gasteiger partial charge is 0.196 e. The van der Waals surface area contributed by atoms with E-state index in [1.807, 2.05) is 58.1 Å². The van der Waals surface area contributed by atoms with Gasteiger partial charge in [-0.25, -0.2) is 0 Å². The summed E-state index contributed by atoms with van der Waals surface area (Å²) in [5.41, 5.74) is 11.8. The molecule has 0 heterocycles. The largest absolute Gasteiger partial charge is 0.455 e. The number of rotatable bonds is 6. The monoisotopic (exact) mass is 570 g/mol. The number of nitrogens with one attached hydrogen (secondary N) is 1. The minimum absolute atomic E-state index is 0.0950. The van der Waals surface area contributed by atoms with Gasteiger partial charge in [-0.2, -0.15) is 0 Å². The van der Waals surface area contributed by atoms with Crippen molar-refractivity contribution in [2.24, 2.45) is 10.3 Å². The van der Waals surface area contributed by atoms with Gasteiger partial charge in [-0.05, 0) is 68.5 Å². The quantitative estimate of drug-likeness (QED) is 0.153. The van der Waals surface area contributed by atoms with Crippen LogP contribution in [0, 0.1) is 20.8 Å². The van der Waals surface area contributed by atoms with E-state index in [0.29, 0.717) is 22.6 Å². The molecule has 2 aliphatic rings. The van der Waals surface area contributed by atoms with Crippen molar-refractivity contribution in [1.82, 2.24) is 0 Å². The van der Waals surface area contributed by atoms with E-state index >= 15 is 0 Å². The molecule has 0 amide bonds. The van der Waals surface area contributed by atoms with Gasteiger partial charge >= 0.3 is 0 Å². The molecular weight excluding hydrogens is 541 g/mol. The van der Waals surface area contributed by atoms with Gasteiger partial charge in [-0.1, -0.05) is 60.5 Å². The van der Waals surface area contributed by atoms with E-state index < -0.39 is 4.75 Å². The Morgan fingerprint density at radius 1 is 0.925 bits per heavy atom. The average Bonchev–Trinajstić information content (AvgIpc) is 3.12. The fourth-order valence-corrected chi connectivity index (χ4v) is 6.06. The second kappa shape index (κ2) is 10.7. The second-order valence-corrected chi connectivity index (χ2v) is 11.8. The number of carbonyl (C=O) groups is 2. The van der Waals surface area contributed by atoms with Crippen LogP contribution in [0.4, 0.5) is 17.1 Å². The number of hydrogen-bond donors (Lipinski definition) is 4. The Kier molecular flexibility index (Phi) is 7.41. The van der Waals surface area contributed by atoms with E-state index in [1.54, 1.807) is 36.4 Å². The Hall–Kier alpha value is -3.76. The predicted molar refractivity (Wildman–Crippen MR) is 165 cm³/mol. The first kappa shape index (κ1) is 27.8. The van der Waals surface area contributed by atoms with E-state index in [0.717, 1.165) is 27.3 Å². The second-order valence-electron chi connectivity index (χ2n) is 10.0. The van der Waals surface area contributed by atoms with Crippen LogP contribution in [-0.4, -0.2) is 16.3 Å². The van der Waals surface area contributed by atoms with Gasteiger partial charge in [0, 0.05) is 27.8 Å². The van der Waals surface area contributed by atoms with Gasteiger partial charge < -0.3 is 15.8 Å². The van der Waals surface area contributed by atoms with Crippen molar-refractivity contribution in [3.63, 3.8) is 0 Å². The number of ether oxygens (including phenoxy) is 1. The van der Waals surface area contributed by atoms with Crippen molar-refractivity contribution < 1.29 is 14.3 Å². The summed E-state index contributed by atoms with van der Waals surface area (Å²) < 4.78 is 5.80. The third kappa shape index (κ3) is 4.75. The normalized spacial score (nSPS) is 17.7. The number of fused-ring (bicyclic) bond motifs is 2. The number of nitrogens with two attached hydrogens (primary N) is 3. The molecule has 0 saturated heterocycles. The summed E-state index contributed by atoms with van der Waals surface area (Å²) in [5, 5.41) is 15.4. The topological polar surface area (TPSA) is 133 Å². The maximum absolute atomic E-state index is 13.9. The fourth-order valence-electron chi connectivity index (χ4n) is 5.19. The van der Waals surface area contributed by atoms with Gasteiger partial charge in [0.05, 0.1) is 27.2 Å². The molecule has 3 aromatic carbocycles. The van der Waals surface area contributed by atoms with Crippen LogP contribution in [0.3, 0.4) is 0 Å². The molecule has 5 rings (SSSR count). The number of benzene rings is 3. The van der Waals surface area contributed by atoms with Gasteiger partial charge in [0.2, 0.25) is 0 Å². The van der Waals surface area contributed by atoms with Crippen LogP contribution in [0.25, 0.3) is 0 Å². The van der Waals surface area contributed by atoms with Crippen molar-refractivity contribution in [1.29, 1.82) is 0 Å². The molecule has 204 valence electrons. The lowest BCUT2D eigenvalue weighted by molar-refractivity contribution is 0.0980. The summed E-state index contributed by atoms with van der Waals surface area (Å²) >= 11 is 2.34. The maximum Gasteiger partial charge on any atom is 0.196 e. The molecule has 0 fully saturated rings. The zero-order chi connectivity index (χ0) is 28.8. The standard InChI is InChI=1S/C31H30N4O3S2/c1-16-13-17(2)30(39-33)18(3)27(16)35-22-14-23(38-19-9-7-8-12-31(4,15-19)40-34)26(32)25-24(22)28(36)20-10-5-6-11-21(20)29(25)37/h5-15,35H,32-34H2,1-4H3. The number of aryl methyl sites for hydroxylation is 2. The molecule has 40 heavy (non-hydrogen) atoms. The van der Waals surface area contributed by atoms with Crippen LogP contribution < -0.4 is 26.1 Å². The molecule has 0 radical (unpaired) electrons. The molecule has 9 heteroatoms. The lowest BCUT2D eigenvalue weighted by Crippen LogP contribution is -2.24. The highest BCUT2D eigenvalue weighted by Gasteiger charge is 2.35. The molecule has 7 N–H and O–H groups in total. The maximum atomic E-state index is 13.9. The molecule has 0 aromatic heterocycles. The molecule has 0 saturated carbocycles. The Morgan fingerprint density at radius 3 is 2.25 bits per heavy atom. The molecule has 0 aliphatic heterocycles. The number of ketones is 2. The number of carbonyl (C=O) groups excluding carboxylic acids is 2. The van der Waals surface area contributed by atoms with Crippen LogP contribution >= 0.6 is 23.9 Å². The zero-order valence-corrected chi connectivity index (χ0v) is 24.3. The average molecular weight is 571 g/mol. The van der Waals surface area contributed by atoms with E-state index in [-0.39, 0.29) is 34.1 Å². The minimum Gasteiger partial charge on any atom is -0.455 e. The van der Waals surface area contributed by atoms with Crippen molar-refractivity contribution in [2.45, 2.75) is 37.3 Å². The molecule has 7 nitrogen and oxygen atoms in total. The highest BCUT2D eigenvalue weighted by molar-refractivity contribution is 7.98. The van der Waals surface area contributed by atoms with Crippen LogP contribution in [0.5, 0.6) is 5.75 Å². The molecule has 1 atom stereocenters. The van der Waals surface area contributed by atoms with Gasteiger partial charge in [-0.3, -0.25) is 19.9 Å². The van der Waals surface area contributed by atoms with Crippen LogP contribution in [0.2, 0.25) is 0 Å². The molecule has 0 bridgehead atoms. The number of hydrogen-bond acceptors (Lipinski definition) is 9. The predicted octanol–water partition coefficient (Wildman–Crippen LogP) is 6.43. The van der Waals surface area contributed by atoms with Gasteiger partial charge in [-0.15, -0.1) is 0 Å². The Morgan fingerprint density at radius 2 is 1.60 bits per heavy atom. The molecule has 3 aromatic rings. The first-order chi connectivity index (χ1) is 19.1. The Bertz CT molecular complexity index is 1680. The number of nitrogen functional groups attached to an aromatic ring is 1. The summed E-state index contributed by atoms with van der Waals surface area (Å²) in [6, 6.07) is 10.5. The summed E-state index contributed by atoms with van der Waals surface area (Å²) in [6.45, 7) is 7.92. The van der Waals surface area contributed by atoms with E-state index in [2.05, 4.69) is 5.32 Å². The Labute approximate surface area is 242 Å². The fraction of sp³-hybridized carbons (Fsp3) is 0.161. The van der Waals surface area contributed by atoms with Crippen molar-refractivity contribution in [3.8, 4) is 5.75 Å². The lowest BCUT2D eigenvalue weighted by atomic mass is 9.82. The van der Waals surface area contributed by atoms with E-state index in [9.17, 15) is 9.59 Å². The SMILES string of the molecule is Cc1cc(C)c(SN)c(C)c1Nc1cc(OC2=CC(C)(SN)C=CC=C2)c(N)c2c1C(=O)c1ccccc1C2=O. The van der Waals surface area contributed by atoms with Crippen LogP contribution in [-0.2, 0) is 0 Å². The van der Waals surface area contributed by atoms with Crippen LogP contribution in [0.1, 0.15) is 55.5 Å². The third-order valence-corrected chi connectivity index (χ3v) is 8.81.